The first-order chi connectivity index (χ1) is 21.6. The fraction of sp³-hybridized carbons (Fsp3) is 0.152. The number of anilines is 2. The Balaban J connectivity index is 1.18. The first-order valence-corrected chi connectivity index (χ1v) is 14.6. The van der Waals surface area contributed by atoms with Crippen molar-refractivity contribution in [2.75, 3.05) is 17.7 Å². The van der Waals surface area contributed by atoms with Crippen LogP contribution in [-0.2, 0) is 22.6 Å². The van der Waals surface area contributed by atoms with Crippen molar-refractivity contribution in [1.82, 2.24) is 10.3 Å². The number of benzene rings is 4. The molecule has 0 saturated heterocycles. The summed E-state index contributed by atoms with van der Waals surface area (Å²) in [4.78, 5) is 40.2. The van der Waals surface area contributed by atoms with Gasteiger partial charge in [-0.15, -0.1) is 0 Å². The quantitative estimate of drug-likeness (QED) is 0.126. The third-order valence-corrected chi connectivity index (χ3v) is 7.51. The molecule has 0 bridgehead atoms. The molecule has 5 rings (SSSR count). The van der Waals surface area contributed by atoms with Gasteiger partial charge in [0.25, 0.3) is 5.91 Å². The van der Waals surface area contributed by atoms with Gasteiger partial charge in [0.05, 0.1) is 23.7 Å². The van der Waals surface area contributed by atoms with Crippen LogP contribution in [0.1, 0.15) is 28.4 Å². The summed E-state index contributed by atoms with van der Waals surface area (Å²) in [6.07, 6.45) is -0.0238. The number of aromatic nitrogens is 1. The lowest BCUT2D eigenvalue weighted by Gasteiger charge is -2.10. The highest BCUT2D eigenvalue weighted by Gasteiger charge is 2.16. The second-order valence-electron chi connectivity index (χ2n) is 10.2. The normalized spacial score (nSPS) is 11.6. The van der Waals surface area contributed by atoms with Gasteiger partial charge in [0.15, 0.2) is 5.58 Å². The van der Waals surface area contributed by atoms with Crippen LogP contribution in [0, 0.1) is 5.82 Å². The number of methoxy groups -OCH3 is 1. The lowest BCUT2D eigenvalue weighted by molar-refractivity contribution is -0.141. The summed E-state index contributed by atoms with van der Waals surface area (Å²) >= 11 is 3.38. The minimum Gasteiger partial charge on any atom is -0.496 e. The van der Waals surface area contributed by atoms with Crippen molar-refractivity contribution in [1.29, 1.82) is 0 Å². The molecule has 1 heterocycles. The Kier molecular flexibility index (Phi) is 9.43. The molecule has 0 aliphatic carbocycles. The molecule has 12 heteroatoms. The molecule has 0 spiro atoms. The van der Waals surface area contributed by atoms with Crippen LogP contribution in [0.15, 0.2) is 87.8 Å². The Morgan fingerprint density at radius 1 is 1.00 bits per heavy atom. The van der Waals surface area contributed by atoms with Crippen LogP contribution in [0.4, 0.5) is 15.8 Å². The molecule has 0 radical (unpaired) electrons. The van der Waals surface area contributed by atoms with Crippen molar-refractivity contribution in [2.24, 2.45) is 0 Å². The molecule has 1 unspecified atom stereocenters. The number of rotatable bonds is 11. The molecule has 0 aliphatic rings. The number of fused-ring (bicyclic) bond motifs is 1. The van der Waals surface area contributed by atoms with Gasteiger partial charge >= 0.3 is 5.97 Å². The van der Waals surface area contributed by atoms with Crippen LogP contribution in [0.3, 0.4) is 0 Å². The van der Waals surface area contributed by atoms with E-state index in [4.69, 9.17) is 14.3 Å². The summed E-state index contributed by atoms with van der Waals surface area (Å²) in [6, 6.07) is 20.9. The van der Waals surface area contributed by atoms with Crippen LogP contribution in [0.5, 0.6) is 5.75 Å². The Bertz CT molecular complexity index is 1890. The number of amides is 2. The number of aliphatic carboxylic acids is 1. The fourth-order valence-electron chi connectivity index (χ4n) is 4.45. The van der Waals surface area contributed by atoms with Crippen LogP contribution in [0.2, 0.25) is 0 Å². The van der Waals surface area contributed by atoms with Crippen LogP contribution >= 0.6 is 15.9 Å². The molecule has 1 atom stereocenters. The van der Waals surface area contributed by atoms with E-state index >= 15 is 4.39 Å². The van der Waals surface area contributed by atoms with E-state index in [0.29, 0.717) is 55.9 Å². The van der Waals surface area contributed by atoms with Gasteiger partial charge in [0, 0.05) is 23.4 Å². The van der Waals surface area contributed by atoms with E-state index in [1.807, 2.05) is 12.1 Å². The number of nitrogens with one attached hydrogen (secondary N) is 3. The van der Waals surface area contributed by atoms with Gasteiger partial charge in [-0.1, -0.05) is 18.2 Å². The zero-order valence-electron chi connectivity index (χ0n) is 24.2. The first kappa shape index (κ1) is 31.2. The molecular formula is C33H28BrFN4O6. The van der Waals surface area contributed by atoms with Crippen molar-refractivity contribution < 1.29 is 33.0 Å². The van der Waals surface area contributed by atoms with Gasteiger partial charge in [0.1, 0.15) is 23.1 Å². The van der Waals surface area contributed by atoms with E-state index in [0.717, 1.165) is 5.56 Å². The number of ether oxygens (including phenoxy) is 1. The number of oxazole rings is 1. The van der Waals surface area contributed by atoms with E-state index in [9.17, 15) is 14.4 Å². The number of carboxylic acid groups (broad SMARTS) is 1. The van der Waals surface area contributed by atoms with E-state index in [2.05, 4.69) is 36.9 Å². The average Bonchev–Trinajstić information content (AvgIpc) is 3.44. The van der Waals surface area contributed by atoms with Crippen LogP contribution < -0.4 is 20.7 Å². The molecule has 10 nitrogen and oxygen atoms in total. The van der Waals surface area contributed by atoms with E-state index in [1.165, 1.54) is 13.0 Å². The van der Waals surface area contributed by atoms with Gasteiger partial charge in [-0.25, -0.2) is 9.37 Å². The highest BCUT2D eigenvalue weighted by molar-refractivity contribution is 9.10. The highest BCUT2D eigenvalue weighted by atomic mass is 79.9. The number of halogens is 2. The molecule has 4 N–H and O–H groups in total. The Hall–Kier alpha value is -5.23. The summed E-state index contributed by atoms with van der Waals surface area (Å²) in [5.41, 5.74) is 4.28. The molecule has 5 aromatic rings. The van der Waals surface area contributed by atoms with E-state index < -0.39 is 23.7 Å². The monoisotopic (exact) mass is 674 g/mol. The molecule has 1 aromatic heterocycles. The van der Waals surface area contributed by atoms with E-state index in [-0.39, 0.29) is 18.2 Å². The maximum Gasteiger partial charge on any atom is 0.325 e. The lowest BCUT2D eigenvalue weighted by Crippen LogP contribution is -2.39. The topological polar surface area (TPSA) is 143 Å². The maximum absolute atomic E-state index is 15.0. The summed E-state index contributed by atoms with van der Waals surface area (Å²) in [6.45, 7) is 1.73. The summed E-state index contributed by atoms with van der Waals surface area (Å²) in [7, 11) is 1.55. The second kappa shape index (κ2) is 13.6. The van der Waals surface area contributed by atoms with Crippen molar-refractivity contribution in [3.8, 4) is 17.2 Å². The number of hydrogen-bond acceptors (Lipinski definition) is 7. The number of nitrogens with zero attached hydrogens (tertiary/aromatic N) is 1. The smallest absolute Gasteiger partial charge is 0.325 e. The predicted molar refractivity (Wildman–Crippen MR) is 171 cm³/mol. The third-order valence-electron chi connectivity index (χ3n) is 6.89. The van der Waals surface area contributed by atoms with Gasteiger partial charge in [-0.2, -0.15) is 0 Å². The number of carboxylic acids is 1. The van der Waals surface area contributed by atoms with Crippen molar-refractivity contribution >= 4 is 56.2 Å². The van der Waals surface area contributed by atoms with Crippen LogP contribution in [0.25, 0.3) is 22.6 Å². The molecule has 0 fully saturated rings. The second-order valence-corrected chi connectivity index (χ2v) is 11.0. The predicted octanol–water partition coefficient (Wildman–Crippen LogP) is 6.40. The SMILES string of the molecule is COc1ccc(C(=O)Nc2ccc(CNc3ccc(-c4nc5cc(CC(=O)NC(C)C(=O)O)ccc5o4)cc3F)cc2)cc1Br. The molecule has 0 saturated carbocycles. The molecule has 45 heavy (non-hydrogen) atoms. The lowest BCUT2D eigenvalue weighted by atomic mass is 10.1. The fourth-order valence-corrected chi connectivity index (χ4v) is 4.99. The largest absolute Gasteiger partial charge is 0.496 e. The summed E-state index contributed by atoms with van der Waals surface area (Å²) in [5, 5.41) is 17.3. The molecule has 2 amide bonds. The number of carbonyl (C=O) groups excluding carboxylic acids is 2. The first-order valence-electron chi connectivity index (χ1n) is 13.8. The van der Waals surface area contributed by atoms with Crippen molar-refractivity contribution in [3.05, 3.63) is 106 Å². The summed E-state index contributed by atoms with van der Waals surface area (Å²) in [5.74, 6) is -1.46. The standard InChI is InChI=1S/C33H28BrFN4O6/c1-18(33(42)43)37-30(40)14-20-5-11-29-27(13-20)39-32(45-29)22-6-10-26(25(35)16-22)36-17-19-3-8-23(9-4-19)38-31(41)21-7-12-28(44-2)24(34)15-21/h3-13,15-16,18,36H,14,17H2,1-2H3,(H,37,40)(H,38,41)(H,42,43). The van der Waals surface area contributed by atoms with Gasteiger partial charge in [0.2, 0.25) is 11.8 Å². The zero-order chi connectivity index (χ0) is 32.1. The Morgan fingerprint density at radius 2 is 1.76 bits per heavy atom. The number of carbonyl (C=O) groups is 3. The minimum atomic E-state index is -1.12. The molecular weight excluding hydrogens is 647 g/mol. The Labute approximate surface area is 265 Å². The zero-order valence-corrected chi connectivity index (χ0v) is 25.8. The molecule has 4 aromatic carbocycles. The van der Waals surface area contributed by atoms with E-state index in [1.54, 1.807) is 67.8 Å². The average molecular weight is 676 g/mol. The Morgan fingerprint density at radius 3 is 2.44 bits per heavy atom. The summed E-state index contributed by atoms with van der Waals surface area (Å²) < 4.78 is 26.7. The molecule has 0 aliphatic heterocycles. The minimum absolute atomic E-state index is 0.0238. The van der Waals surface area contributed by atoms with Crippen molar-refractivity contribution in [2.45, 2.75) is 25.9 Å². The van der Waals surface area contributed by atoms with Crippen LogP contribution in [-0.4, -0.2) is 41.0 Å². The van der Waals surface area contributed by atoms with Gasteiger partial charge in [-0.05, 0) is 94.6 Å². The third kappa shape index (κ3) is 7.65. The maximum atomic E-state index is 15.0. The highest BCUT2D eigenvalue weighted by Crippen LogP contribution is 2.29. The van der Waals surface area contributed by atoms with Gasteiger partial charge in [-0.3, -0.25) is 14.4 Å². The number of hydrogen-bond donors (Lipinski definition) is 4. The molecule has 230 valence electrons. The van der Waals surface area contributed by atoms with Gasteiger partial charge < -0.3 is 30.2 Å². The van der Waals surface area contributed by atoms with Crippen molar-refractivity contribution in [3.63, 3.8) is 0 Å².